The number of fused-ring (bicyclic) bond motifs is 1. The molecule has 20 heavy (non-hydrogen) atoms. The fraction of sp³-hybridized carbons (Fsp3) is 0.500. The molecule has 1 aliphatic rings. The van der Waals surface area contributed by atoms with Crippen molar-refractivity contribution < 1.29 is 14.9 Å². The Labute approximate surface area is 120 Å². The van der Waals surface area contributed by atoms with E-state index >= 15 is 0 Å². The molecule has 7 nitrogen and oxygen atoms in total. The molecule has 0 aliphatic carbocycles. The Morgan fingerprint density at radius 3 is 3.00 bits per heavy atom. The second-order valence-corrected chi connectivity index (χ2v) is 5.47. The van der Waals surface area contributed by atoms with Gasteiger partial charge in [-0.15, -0.1) is 0 Å². The van der Waals surface area contributed by atoms with Crippen molar-refractivity contribution in [3.8, 4) is 0 Å². The van der Waals surface area contributed by atoms with Crippen molar-refractivity contribution >= 4 is 28.5 Å². The van der Waals surface area contributed by atoms with Crippen LogP contribution in [-0.2, 0) is 4.74 Å². The highest BCUT2D eigenvalue weighted by Gasteiger charge is 2.45. The Bertz CT molecular complexity index is 661. The molecule has 3 heterocycles. The van der Waals surface area contributed by atoms with Crippen LogP contribution >= 0.6 is 11.6 Å². The first-order valence-electron chi connectivity index (χ1n) is 6.21. The zero-order valence-electron chi connectivity index (χ0n) is 10.8. The summed E-state index contributed by atoms with van der Waals surface area (Å²) in [5.41, 5.74) is 5.36. The Balaban J connectivity index is 2.04. The summed E-state index contributed by atoms with van der Waals surface area (Å²) in [6.07, 6.45) is 0.907. The van der Waals surface area contributed by atoms with Crippen LogP contribution in [0, 0.1) is 0 Å². The molecule has 3 atom stereocenters. The summed E-state index contributed by atoms with van der Waals surface area (Å²) in [7, 11) is 0. The quantitative estimate of drug-likeness (QED) is 0.705. The summed E-state index contributed by atoms with van der Waals surface area (Å²) in [6, 6.07) is 1.77. The Kier molecular flexibility index (Phi) is 3.09. The molecular formula is C12H15ClN4O3. The van der Waals surface area contributed by atoms with Gasteiger partial charge in [0.25, 0.3) is 0 Å². The molecule has 1 fully saturated rings. The number of aromatic nitrogens is 3. The third-order valence-corrected chi connectivity index (χ3v) is 3.90. The maximum Gasteiger partial charge on any atom is 0.226 e. The lowest BCUT2D eigenvalue weighted by Gasteiger charge is -2.25. The summed E-state index contributed by atoms with van der Waals surface area (Å²) in [4.78, 5) is 8.04. The van der Waals surface area contributed by atoms with E-state index in [4.69, 9.17) is 22.1 Å². The standard InChI is InChI=1S/C12H15ClN4O3/c1-12(5-18)7(19)4-8(20-12)17-3-2-6-9(14)15-11(13)16-10(6)17/h2-3,7-8,18-19H,4-5H2,1H3,(H2,14,15,16)/t7-,8+,12+/m0/s1. The molecule has 4 N–H and O–H groups in total. The molecule has 0 bridgehead atoms. The van der Waals surface area contributed by atoms with E-state index < -0.39 is 17.9 Å². The number of nitrogen functional groups attached to an aromatic ring is 1. The van der Waals surface area contributed by atoms with Gasteiger partial charge >= 0.3 is 0 Å². The molecule has 0 radical (unpaired) electrons. The van der Waals surface area contributed by atoms with Gasteiger partial charge in [0, 0.05) is 12.6 Å². The topological polar surface area (TPSA) is 106 Å². The number of hydrogen-bond acceptors (Lipinski definition) is 6. The fourth-order valence-corrected chi connectivity index (χ4v) is 2.62. The molecule has 0 spiro atoms. The predicted molar refractivity (Wildman–Crippen MR) is 73.2 cm³/mol. The van der Waals surface area contributed by atoms with E-state index in [0.29, 0.717) is 23.3 Å². The average molecular weight is 299 g/mol. The minimum absolute atomic E-state index is 0.0541. The molecule has 8 heteroatoms. The average Bonchev–Trinajstić information content (AvgIpc) is 2.92. The van der Waals surface area contributed by atoms with Gasteiger partial charge in [-0.1, -0.05) is 0 Å². The molecule has 0 unspecified atom stereocenters. The van der Waals surface area contributed by atoms with Crippen LogP contribution in [-0.4, -0.2) is 43.1 Å². The van der Waals surface area contributed by atoms with E-state index in [2.05, 4.69) is 9.97 Å². The molecular weight excluding hydrogens is 284 g/mol. The van der Waals surface area contributed by atoms with Crippen LogP contribution in [0.1, 0.15) is 19.6 Å². The van der Waals surface area contributed by atoms with E-state index in [9.17, 15) is 10.2 Å². The first kappa shape index (κ1) is 13.6. The second kappa shape index (κ2) is 4.56. The third kappa shape index (κ3) is 1.94. The second-order valence-electron chi connectivity index (χ2n) is 5.13. The Morgan fingerprint density at radius 2 is 2.35 bits per heavy atom. The Hall–Kier alpha value is -1.41. The van der Waals surface area contributed by atoms with Crippen molar-refractivity contribution in [2.45, 2.75) is 31.3 Å². The molecule has 0 amide bonds. The molecule has 108 valence electrons. The number of ether oxygens (including phenoxy) is 1. The number of aliphatic hydroxyl groups excluding tert-OH is 2. The zero-order chi connectivity index (χ0) is 14.5. The van der Waals surface area contributed by atoms with Crippen molar-refractivity contribution in [1.82, 2.24) is 14.5 Å². The van der Waals surface area contributed by atoms with Crippen molar-refractivity contribution in [2.24, 2.45) is 0 Å². The van der Waals surface area contributed by atoms with Gasteiger partial charge in [-0.3, -0.25) is 0 Å². The van der Waals surface area contributed by atoms with Crippen LogP contribution in [0.15, 0.2) is 12.3 Å². The molecule has 2 aromatic rings. The highest BCUT2D eigenvalue weighted by Crippen LogP contribution is 2.38. The maximum atomic E-state index is 10.0. The summed E-state index contributed by atoms with van der Waals surface area (Å²) in [5.74, 6) is 0.294. The van der Waals surface area contributed by atoms with Crippen LogP contribution < -0.4 is 5.73 Å². The number of halogens is 1. The number of nitrogens with two attached hydrogens (primary N) is 1. The normalized spacial score (nSPS) is 30.2. The highest BCUT2D eigenvalue weighted by molar-refractivity contribution is 6.28. The Morgan fingerprint density at radius 1 is 1.60 bits per heavy atom. The van der Waals surface area contributed by atoms with Gasteiger partial charge in [0.2, 0.25) is 5.28 Å². The predicted octanol–water partition coefficient (Wildman–Crippen LogP) is 0.698. The van der Waals surface area contributed by atoms with Crippen molar-refractivity contribution in [3.05, 3.63) is 17.5 Å². The lowest BCUT2D eigenvalue weighted by molar-refractivity contribution is -0.114. The molecule has 0 aromatic carbocycles. The van der Waals surface area contributed by atoms with Gasteiger partial charge in [0.15, 0.2) is 0 Å². The summed E-state index contributed by atoms with van der Waals surface area (Å²) < 4.78 is 7.50. The number of nitrogens with zero attached hydrogens (tertiary/aromatic N) is 3. The highest BCUT2D eigenvalue weighted by atomic mass is 35.5. The summed E-state index contributed by atoms with van der Waals surface area (Å²) in [6.45, 7) is 1.40. The maximum absolute atomic E-state index is 10.0. The number of rotatable bonds is 2. The fourth-order valence-electron chi connectivity index (χ4n) is 2.45. The zero-order valence-corrected chi connectivity index (χ0v) is 11.6. The van der Waals surface area contributed by atoms with Crippen LogP contribution in [0.2, 0.25) is 5.28 Å². The van der Waals surface area contributed by atoms with Crippen molar-refractivity contribution in [1.29, 1.82) is 0 Å². The SMILES string of the molecule is C[C@]1(CO)O[C@@H](n2ccc3c(N)nc(Cl)nc32)C[C@@H]1O. The molecule has 1 aliphatic heterocycles. The lowest BCUT2D eigenvalue weighted by atomic mass is 10.0. The third-order valence-electron chi connectivity index (χ3n) is 3.73. The van der Waals surface area contributed by atoms with Crippen LogP contribution in [0.5, 0.6) is 0 Å². The minimum Gasteiger partial charge on any atom is -0.393 e. The van der Waals surface area contributed by atoms with Gasteiger partial charge < -0.3 is 25.3 Å². The largest absolute Gasteiger partial charge is 0.393 e. The molecule has 0 saturated carbocycles. The van der Waals surface area contributed by atoms with Gasteiger partial charge in [-0.05, 0) is 24.6 Å². The molecule has 1 saturated heterocycles. The summed E-state index contributed by atoms with van der Waals surface area (Å²) in [5, 5.41) is 20.1. The summed E-state index contributed by atoms with van der Waals surface area (Å²) >= 11 is 5.83. The van der Waals surface area contributed by atoms with Crippen LogP contribution in [0.4, 0.5) is 5.82 Å². The number of anilines is 1. The van der Waals surface area contributed by atoms with Crippen molar-refractivity contribution in [2.75, 3.05) is 12.3 Å². The van der Waals surface area contributed by atoms with Gasteiger partial charge in [0.05, 0.1) is 18.1 Å². The first-order valence-corrected chi connectivity index (χ1v) is 6.59. The number of aliphatic hydroxyl groups is 2. The monoisotopic (exact) mass is 298 g/mol. The van der Waals surface area contributed by atoms with E-state index in [1.54, 1.807) is 23.8 Å². The van der Waals surface area contributed by atoms with E-state index in [1.807, 2.05) is 0 Å². The van der Waals surface area contributed by atoms with E-state index in [0.717, 1.165) is 0 Å². The lowest BCUT2D eigenvalue weighted by Crippen LogP contribution is -2.39. The first-order chi connectivity index (χ1) is 9.44. The molecule has 3 rings (SSSR count). The van der Waals surface area contributed by atoms with Gasteiger partial charge in [-0.25, -0.2) is 4.98 Å². The van der Waals surface area contributed by atoms with Crippen LogP contribution in [0.3, 0.4) is 0 Å². The number of hydrogen-bond donors (Lipinski definition) is 3. The minimum atomic E-state index is -0.983. The smallest absolute Gasteiger partial charge is 0.226 e. The van der Waals surface area contributed by atoms with Gasteiger partial charge in [-0.2, -0.15) is 4.98 Å². The van der Waals surface area contributed by atoms with Crippen LogP contribution in [0.25, 0.3) is 11.0 Å². The van der Waals surface area contributed by atoms with Crippen molar-refractivity contribution in [3.63, 3.8) is 0 Å². The van der Waals surface area contributed by atoms with E-state index in [1.165, 1.54) is 0 Å². The van der Waals surface area contributed by atoms with E-state index in [-0.39, 0.29) is 11.9 Å². The van der Waals surface area contributed by atoms with Gasteiger partial charge in [0.1, 0.15) is 23.3 Å². The molecule has 2 aromatic heterocycles.